The average molecular weight is 351 g/mol. The van der Waals surface area contributed by atoms with E-state index in [9.17, 15) is 9.59 Å². The third-order valence-electron chi connectivity index (χ3n) is 4.08. The van der Waals surface area contributed by atoms with Gasteiger partial charge in [0.05, 0.1) is 6.61 Å². The second-order valence-corrected chi connectivity index (χ2v) is 6.03. The molecule has 3 rings (SSSR count). The molecular weight excluding hydrogens is 330 g/mol. The number of rotatable bonds is 4. The van der Waals surface area contributed by atoms with Gasteiger partial charge in [-0.15, -0.1) is 0 Å². The number of aromatic nitrogens is 1. The Morgan fingerprint density at radius 3 is 2.54 bits per heavy atom. The topological polar surface area (TPSA) is 74.4 Å². The molecule has 2 N–H and O–H groups in total. The highest BCUT2D eigenvalue weighted by atomic mass is 16.6. The molecule has 6 nitrogen and oxygen atoms in total. The largest absolute Gasteiger partial charge is 0.449 e. The van der Waals surface area contributed by atoms with Gasteiger partial charge in [0.25, 0.3) is 5.91 Å². The summed E-state index contributed by atoms with van der Waals surface area (Å²) in [5, 5.41) is 3.84. The van der Waals surface area contributed by atoms with Crippen LogP contribution in [0.15, 0.2) is 48.5 Å². The molecule has 0 radical (unpaired) electrons. The van der Waals surface area contributed by atoms with Crippen LogP contribution in [0.3, 0.4) is 0 Å². The van der Waals surface area contributed by atoms with E-state index in [1.165, 1.54) is 4.90 Å². The number of nitrogens with zero attached hydrogens (tertiary/aromatic N) is 1. The maximum atomic E-state index is 12.5. The van der Waals surface area contributed by atoms with E-state index >= 15 is 0 Å². The Kier molecular flexibility index (Phi) is 4.93. The highest BCUT2D eigenvalue weighted by molar-refractivity contribution is 6.06. The van der Waals surface area contributed by atoms with Crippen molar-refractivity contribution in [2.45, 2.75) is 13.8 Å². The summed E-state index contributed by atoms with van der Waals surface area (Å²) in [6.07, 6.45) is -0.419. The number of fused-ring (bicyclic) bond motifs is 1. The van der Waals surface area contributed by atoms with Crippen LogP contribution in [0, 0.1) is 6.92 Å². The third kappa shape index (κ3) is 3.69. The number of ether oxygens (including phenoxy) is 1. The summed E-state index contributed by atoms with van der Waals surface area (Å²) in [7, 11) is 1.64. The maximum absolute atomic E-state index is 12.5. The van der Waals surface area contributed by atoms with E-state index in [1.807, 2.05) is 31.2 Å². The van der Waals surface area contributed by atoms with Gasteiger partial charge in [-0.2, -0.15) is 0 Å². The molecule has 1 heterocycles. The number of hydrogen-bond donors (Lipinski definition) is 2. The number of carbonyl (C=O) groups excluding carboxylic acids is 2. The summed E-state index contributed by atoms with van der Waals surface area (Å²) < 4.78 is 4.96. The molecule has 0 fully saturated rings. The van der Waals surface area contributed by atoms with Crippen LogP contribution >= 0.6 is 0 Å². The van der Waals surface area contributed by atoms with Crippen LogP contribution in [0.25, 0.3) is 10.9 Å². The number of aromatic amines is 1. The summed E-state index contributed by atoms with van der Waals surface area (Å²) in [6.45, 7) is 4.09. The maximum Gasteiger partial charge on any atom is 0.413 e. The van der Waals surface area contributed by atoms with Crippen molar-refractivity contribution in [3.05, 3.63) is 59.8 Å². The van der Waals surface area contributed by atoms with E-state index in [0.717, 1.165) is 16.5 Å². The molecule has 0 aliphatic carbocycles. The van der Waals surface area contributed by atoms with Gasteiger partial charge in [0.15, 0.2) is 0 Å². The molecule has 0 unspecified atom stereocenters. The fourth-order valence-corrected chi connectivity index (χ4v) is 2.66. The molecular formula is C20H21N3O3. The van der Waals surface area contributed by atoms with Crippen LogP contribution in [0.2, 0.25) is 0 Å². The van der Waals surface area contributed by atoms with Gasteiger partial charge >= 0.3 is 6.09 Å². The van der Waals surface area contributed by atoms with Gasteiger partial charge in [0.1, 0.15) is 5.69 Å². The van der Waals surface area contributed by atoms with Gasteiger partial charge in [-0.3, -0.25) is 9.69 Å². The van der Waals surface area contributed by atoms with Gasteiger partial charge in [-0.05, 0) is 55.8 Å². The number of benzene rings is 2. The van der Waals surface area contributed by atoms with Gasteiger partial charge in [0.2, 0.25) is 0 Å². The van der Waals surface area contributed by atoms with E-state index in [4.69, 9.17) is 4.74 Å². The van der Waals surface area contributed by atoms with Gasteiger partial charge in [0, 0.05) is 29.3 Å². The van der Waals surface area contributed by atoms with Crippen LogP contribution in [0.1, 0.15) is 23.0 Å². The molecule has 0 spiro atoms. The van der Waals surface area contributed by atoms with Gasteiger partial charge in [-0.1, -0.05) is 12.1 Å². The van der Waals surface area contributed by atoms with Crippen molar-refractivity contribution < 1.29 is 14.3 Å². The molecule has 0 bridgehead atoms. The quantitative estimate of drug-likeness (QED) is 0.735. The zero-order valence-electron chi connectivity index (χ0n) is 15.0. The molecule has 2 aromatic carbocycles. The molecule has 0 saturated heterocycles. The van der Waals surface area contributed by atoms with Crippen molar-refractivity contribution >= 4 is 34.3 Å². The Morgan fingerprint density at radius 2 is 1.85 bits per heavy atom. The molecule has 3 aromatic rings. The minimum Gasteiger partial charge on any atom is -0.449 e. The average Bonchev–Trinajstić information content (AvgIpc) is 3.05. The number of nitrogens with one attached hydrogen (secondary N) is 2. The summed E-state index contributed by atoms with van der Waals surface area (Å²) in [4.78, 5) is 28.7. The van der Waals surface area contributed by atoms with Gasteiger partial charge < -0.3 is 15.0 Å². The predicted molar refractivity (Wildman–Crippen MR) is 103 cm³/mol. The lowest BCUT2D eigenvalue weighted by molar-refractivity contribution is 0.102. The summed E-state index contributed by atoms with van der Waals surface area (Å²) in [5.74, 6) is -0.217. The van der Waals surface area contributed by atoms with E-state index in [-0.39, 0.29) is 5.91 Å². The van der Waals surface area contributed by atoms with Crippen molar-refractivity contribution in [1.82, 2.24) is 4.98 Å². The Morgan fingerprint density at radius 1 is 1.12 bits per heavy atom. The molecule has 134 valence electrons. The first-order valence-electron chi connectivity index (χ1n) is 8.39. The van der Waals surface area contributed by atoms with Crippen molar-refractivity contribution in [2.75, 3.05) is 23.9 Å². The first-order valence-corrected chi connectivity index (χ1v) is 8.39. The number of anilines is 2. The third-order valence-corrected chi connectivity index (χ3v) is 4.08. The Labute approximate surface area is 151 Å². The zero-order valence-corrected chi connectivity index (χ0v) is 15.0. The van der Waals surface area contributed by atoms with Crippen LogP contribution in [-0.4, -0.2) is 30.6 Å². The van der Waals surface area contributed by atoms with Crippen molar-refractivity contribution in [1.29, 1.82) is 0 Å². The molecule has 0 atom stereocenters. The normalized spacial score (nSPS) is 10.6. The fraction of sp³-hybridized carbons (Fsp3) is 0.200. The van der Waals surface area contributed by atoms with Gasteiger partial charge in [-0.25, -0.2) is 4.79 Å². The lowest BCUT2D eigenvalue weighted by Crippen LogP contribution is -2.26. The predicted octanol–water partition coefficient (Wildman–Crippen LogP) is 4.32. The first kappa shape index (κ1) is 17.5. The Hall–Kier alpha value is -3.28. The van der Waals surface area contributed by atoms with Crippen LogP contribution in [-0.2, 0) is 4.74 Å². The standard InChI is InChI=1S/C20H21N3O3/c1-4-26-20(25)23(3)16-9-7-15(8-10-16)21-19(24)18-12-14-6-5-13(2)11-17(14)22-18/h5-12,22H,4H2,1-3H3,(H,21,24). The Balaban J connectivity index is 1.71. The van der Waals surface area contributed by atoms with Crippen molar-refractivity contribution in [3.8, 4) is 0 Å². The molecule has 0 aliphatic rings. The van der Waals surface area contributed by atoms with E-state index in [1.54, 1.807) is 38.2 Å². The number of aryl methyl sites for hydroxylation is 1. The summed E-state index contributed by atoms with van der Waals surface area (Å²) in [5.41, 5.74) is 3.89. The summed E-state index contributed by atoms with van der Waals surface area (Å²) in [6, 6.07) is 14.8. The number of hydrogen-bond acceptors (Lipinski definition) is 3. The highest BCUT2D eigenvalue weighted by Gasteiger charge is 2.13. The van der Waals surface area contributed by atoms with E-state index < -0.39 is 6.09 Å². The van der Waals surface area contributed by atoms with Crippen molar-refractivity contribution in [3.63, 3.8) is 0 Å². The van der Waals surface area contributed by atoms with E-state index in [2.05, 4.69) is 10.3 Å². The second kappa shape index (κ2) is 7.31. The minimum atomic E-state index is -0.419. The smallest absolute Gasteiger partial charge is 0.413 e. The van der Waals surface area contributed by atoms with Crippen LogP contribution < -0.4 is 10.2 Å². The zero-order chi connectivity index (χ0) is 18.7. The highest BCUT2D eigenvalue weighted by Crippen LogP contribution is 2.20. The van der Waals surface area contributed by atoms with Crippen LogP contribution in [0.4, 0.5) is 16.2 Å². The monoisotopic (exact) mass is 351 g/mol. The molecule has 1 aromatic heterocycles. The first-order chi connectivity index (χ1) is 12.5. The lowest BCUT2D eigenvalue weighted by atomic mass is 10.2. The number of carbonyl (C=O) groups is 2. The second-order valence-electron chi connectivity index (χ2n) is 6.03. The van der Waals surface area contributed by atoms with Crippen LogP contribution in [0.5, 0.6) is 0 Å². The van der Waals surface area contributed by atoms with Crippen molar-refractivity contribution in [2.24, 2.45) is 0 Å². The van der Waals surface area contributed by atoms with E-state index in [0.29, 0.717) is 23.7 Å². The SMILES string of the molecule is CCOC(=O)N(C)c1ccc(NC(=O)c2cc3ccc(C)cc3[nH]2)cc1. The molecule has 2 amide bonds. The minimum absolute atomic E-state index is 0.217. The fourth-order valence-electron chi connectivity index (χ4n) is 2.66. The summed E-state index contributed by atoms with van der Waals surface area (Å²) >= 11 is 0. The molecule has 0 saturated carbocycles. The number of H-pyrrole nitrogens is 1. The molecule has 0 aliphatic heterocycles. The lowest BCUT2D eigenvalue weighted by Gasteiger charge is -2.16. The Bertz CT molecular complexity index is 945. The number of amides is 2. The molecule has 26 heavy (non-hydrogen) atoms. The molecule has 6 heteroatoms.